The Balaban J connectivity index is 2.23. The standard InChI is InChI=1S/C9H12N2O2/c1-2-13-11-6-7-5-8(12)3-4-9(7)10-11/h6H,2-5H2,1H3. The van der Waals surface area contributed by atoms with Crippen molar-refractivity contribution in [2.24, 2.45) is 0 Å². The summed E-state index contributed by atoms with van der Waals surface area (Å²) in [6.45, 7) is 2.50. The van der Waals surface area contributed by atoms with E-state index >= 15 is 0 Å². The van der Waals surface area contributed by atoms with Crippen molar-refractivity contribution in [3.8, 4) is 0 Å². The maximum absolute atomic E-state index is 11.1. The van der Waals surface area contributed by atoms with Crippen LogP contribution in [0.1, 0.15) is 24.6 Å². The third kappa shape index (κ3) is 1.56. The zero-order valence-electron chi connectivity index (χ0n) is 7.62. The zero-order valence-corrected chi connectivity index (χ0v) is 7.62. The lowest BCUT2D eigenvalue weighted by Crippen LogP contribution is -2.12. The summed E-state index contributed by atoms with van der Waals surface area (Å²) in [5.74, 6) is 0.295. The lowest BCUT2D eigenvalue weighted by Gasteiger charge is -2.05. The molecular weight excluding hydrogens is 168 g/mol. The first-order chi connectivity index (χ1) is 6.29. The van der Waals surface area contributed by atoms with Gasteiger partial charge in [-0.1, -0.05) is 0 Å². The first-order valence-electron chi connectivity index (χ1n) is 4.52. The van der Waals surface area contributed by atoms with Gasteiger partial charge >= 0.3 is 0 Å². The highest BCUT2D eigenvalue weighted by molar-refractivity contribution is 5.82. The molecule has 13 heavy (non-hydrogen) atoms. The molecule has 0 spiro atoms. The summed E-state index contributed by atoms with van der Waals surface area (Å²) in [6, 6.07) is 0. The van der Waals surface area contributed by atoms with Crippen LogP contribution in [-0.4, -0.2) is 22.3 Å². The predicted octanol–water partition coefficient (Wildman–Crippen LogP) is 0.389. The SMILES string of the molecule is CCOn1cc2c(n1)CCC(=O)C2. The molecule has 1 heterocycles. The van der Waals surface area contributed by atoms with E-state index in [1.165, 1.54) is 4.85 Å². The predicted molar refractivity (Wildman–Crippen MR) is 46.4 cm³/mol. The van der Waals surface area contributed by atoms with Crippen molar-refractivity contribution in [2.45, 2.75) is 26.2 Å². The summed E-state index contributed by atoms with van der Waals surface area (Å²) >= 11 is 0. The summed E-state index contributed by atoms with van der Waals surface area (Å²) in [5, 5.41) is 4.22. The van der Waals surface area contributed by atoms with Gasteiger partial charge in [-0.05, 0) is 13.3 Å². The fourth-order valence-corrected chi connectivity index (χ4v) is 1.54. The van der Waals surface area contributed by atoms with Crippen LogP contribution in [0.5, 0.6) is 0 Å². The molecule has 4 nitrogen and oxygen atoms in total. The molecule has 0 bridgehead atoms. The number of nitrogens with zero attached hydrogens (tertiary/aromatic N) is 2. The highest BCUT2D eigenvalue weighted by Gasteiger charge is 2.19. The topological polar surface area (TPSA) is 44.1 Å². The minimum atomic E-state index is 0.295. The van der Waals surface area contributed by atoms with Crippen LogP contribution in [0, 0.1) is 0 Å². The van der Waals surface area contributed by atoms with E-state index < -0.39 is 0 Å². The number of rotatable bonds is 2. The van der Waals surface area contributed by atoms with Crippen LogP contribution in [0.2, 0.25) is 0 Å². The number of fused-ring (bicyclic) bond motifs is 1. The summed E-state index contributed by atoms with van der Waals surface area (Å²) in [6.07, 6.45) is 3.70. The average Bonchev–Trinajstić information content (AvgIpc) is 2.46. The number of aryl methyl sites for hydroxylation is 1. The molecule has 0 saturated carbocycles. The molecule has 1 aromatic heterocycles. The van der Waals surface area contributed by atoms with E-state index in [1.54, 1.807) is 6.20 Å². The molecule has 4 heteroatoms. The second-order valence-electron chi connectivity index (χ2n) is 3.14. The van der Waals surface area contributed by atoms with Gasteiger partial charge in [0, 0.05) is 18.4 Å². The van der Waals surface area contributed by atoms with Gasteiger partial charge in [-0.15, -0.1) is 9.94 Å². The molecule has 0 saturated heterocycles. The highest BCUT2D eigenvalue weighted by atomic mass is 16.7. The average molecular weight is 180 g/mol. The van der Waals surface area contributed by atoms with Crippen molar-refractivity contribution in [3.63, 3.8) is 0 Å². The molecule has 1 aliphatic carbocycles. The van der Waals surface area contributed by atoms with Gasteiger partial charge in [0.15, 0.2) is 0 Å². The van der Waals surface area contributed by atoms with E-state index in [-0.39, 0.29) is 0 Å². The largest absolute Gasteiger partial charge is 0.397 e. The Morgan fingerprint density at radius 2 is 2.46 bits per heavy atom. The lowest BCUT2D eigenvalue weighted by molar-refractivity contribution is -0.118. The molecule has 0 N–H and O–H groups in total. The van der Waals surface area contributed by atoms with Crippen molar-refractivity contribution in [2.75, 3.05) is 6.61 Å². The van der Waals surface area contributed by atoms with E-state index in [9.17, 15) is 4.79 Å². The van der Waals surface area contributed by atoms with Crippen LogP contribution in [0.25, 0.3) is 0 Å². The van der Waals surface area contributed by atoms with Crippen molar-refractivity contribution in [3.05, 3.63) is 17.5 Å². The Bertz CT molecular complexity index is 330. The molecule has 0 amide bonds. The van der Waals surface area contributed by atoms with Crippen molar-refractivity contribution < 1.29 is 9.63 Å². The van der Waals surface area contributed by atoms with Gasteiger partial charge in [0.1, 0.15) is 12.4 Å². The third-order valence-electron chi connectivity index (χ3n) is 2.15. The lowest BCUT2D eigenvalue weighted by atomic mass is 9.97. The van der Waals surface area contributed by atoms with Gasteiger partial charge in [0.25, 0.3) is 0 Å². The van der Waals surface area contributed by atoms with Crippen LogP contribution in [0.15, 0.2) is 6.20 Å². The van der Waals surface area contributed by atoms with E-state index in [1.807, 2.05) is 6.92 Å². The van der Waals surface area contributed by atoms with Crippen LogP contribution < -0.4 is 4.84 Å². The van der Waals surface area contributed by atoms with E-state index in [0.29, 0.717) is 25.2 Å². The molecule has 0 aromatic carbocycles. The van der Waals surface area contributed by atoms with Gasteiger partial charge in [0.2, 0.25) is 0 Å². The molecule has 70 valence electrons. The maximum atomic E-state index is 11.1. The number of hydrogen-bond donors (Lipinski definition) is 0. The van der Waals surface area contributed by atoms with E-state index in [4.69, 9.17) is 4.84 Å². The maximum Gasteiger partial charge on any atom is 0.137 e. The molecule has 0 radical (unpaired) electrons. The monoisotopic (exact) mass is 180 g/mol. The number of Topliss-reactive ketones (excluding diaryl/α,β-unsaturated/α-hetero) is 1. The fraction of sp³-hybridized carbons (Fsp3) is 0.556. The molecule has 0 atom stereocenters. The quantitative estimate of drug-likeness (QED) is 0.661. The molecular formula is C9H12N2O2. The normalized spacial score (nSPS) is 15.6. The van der Waals surface area contributed by atoms with Crippen LogP contribution in [0.3, 0.4) is 0 Å². The molecule has 1 aliphatic rings. The summed E-state index contributed by atoms with van der Waals surface area (Å²) in [5.41, 5.74) is 2.03. The fourth-order valence-electron chi connectivity index (χ4n) is 1.54. The Kier molecular flexibility index (Phi) is 2.04. The highest BCUT2D eigenvalue weighted by Crippen LogP contribution is 2.16. The second kappa shape index (κ2) is 3.20. The molecule has 0 aliphatic heterocycles. The smallest absolute Gasteiger partial charge is 0.137 e. The second-order valence-corrected chi connectivity index (χ2v) is 3.14. The van der Waals surface area contributed by atoms with Crippen LogP contribution in [-0.2, 0) is 17.6 Å². The van der Waals surface area contributed by atoms with Crippen LogP contribution in [0.4, 0.5) is 0 Å². The van der Waals surface area contributed by atoms with Gasteiger partial charge in [-0.25, -0.2) is 0 Å². The molecule has 2 rings (SSSR count). The zero-order chi connectivity index (χ0) is 9.26. The van der Waals surface area contributed by atoms with E-state index in [0.717, 1.165) is 17.7 Å². The van der Waals surface area contributed by atoms with Crippen LogP contribution >= 0.6 is 0 Å². The summed E-state index contributed by atoms with van der Waals surface area (Å²) in [7, 11) is 0. The Labute approximate surface area is 76.5 Å². The Morgan fingerprint density at radius 3 is 3.23 bits per heavy atom. The number of aromatic nitrogens is 2. The van der Waals surface area contributed by atoms with Crippen molar-refractivity contribution in [1.82, 2.24) is 9.94 Å². The number of ketones is 1. The first kappa shape index (κ1) is 8.29. The third-order valence-corrected chi connectivity index (χ3v) is 2.15. The van der Waals surface area contributed by atoms with Crippen molar-refractivity contribution >= 4 is 5.78 Å². The summed E-state index contributed by atoms with van der Waals surface area (Å²) in [4.78, 5) is 17.8. The number of carbonyl (C=O) groups is 1. The van der Waals surface area contributed by atoms with Crippen molar-refractivity contribution in [1.29, 1.82) is 0 Å². The molecule has 0 fully saturated rings. The molecule has 0 unspecified atom stereocenters. The minimum Gasteiger partial charge on any atom is -0.397 e. The van der Waals surface area contributed by atoms with Gasteiger partial charge in [-0.3, -0.25) is 4.79 Å². The minimum absolute atomic E-state index is 0.295. The van der Waals surface area contributed by atoms with Gasteiger partial charge < -0.3 is 4.84 Å². The summed E-state index contributed by atoms with van der Waals surface area (Å²) < 4.78 is 0. The Morgan fingerprint density at radius 1 is 1.62 bits per heavy atom. The first-order valence-corrected chi connectivity index (χ1v) is 4.52. The molecule has 1 aromatic rings. The Hall–Kier alpha value is -1.32. The van der Waals surface area contributed by atoms with Gasteiger partial charge in [-0.2, -0.15) is 0 Å². The number of carbonyl (C=O) groups excluding carboxylic acids is 1. The number of hydrogen-bond acceptors (Lipinski definition) is 3. The van der Waals surface area contributed by atoms with E-state index in [2.05, 4.69) is 5.10 Å². The van der Waals surface area contributed by atoms with Gasteiger partial charge in [0.05, 0.1) is 11.9 Å².